The lowest BCUT2D eigenvalue weighted by Gasteiger charge is -2.29. The Morgan fingerprint density at radius 1 is 1.27 bits per heavy atom. The molecule has 1 heterocycles. The van der Waals surface area contributed by atoms with Gasteiger partial charge in [-0.25, -0.2) is 0 Å². The van der Waals surface area contributed by atoms with E-state index in [1.165, 1.54) is 16.7 Å². The third-order valence-corrected chi connectivity index (χ3v) is 3.13. The lowest BCUT2D eigenvalue weighted by atomic mass is 10.0. The molecule has 0 aliphatic carbocycles. The Hall–Kier alpha value is -0.860. The van der Waals surface area contributed by atoms with Gasteiger partial charge in [-0.15, -0.1) is 0 Å². The Bertz CT molecular complexity index is 340. The lowest BCUT2D eigenvalue weighted by molar-refractivity contribution is 0.0149. The van der Waals surface area contributed by atoms with Gasteiger partial charge in [0, 0.05) is 6.54 Å². The van der Waals surface area contributed by atoms with Crippen LogP contribution < -0.4 is 5.32 Å². The van der Waals surface area contributed by atoms with Crippen LogP contribution in [-0.2, 0) is 4.74 Å². The number of morpholine rings is 1. The summed E-state index contributed by atoms with van der Waals surface area (Å²) in [6.07, 6.45) is 0.341. The van der Waals surface area contributed by atoms with Gasteiger partial charge >= 0.3 is 0 Å². The van der Waals surface area contributed by atoms with Gasteiger partial charge in [-0.05, 0) is 37.5 Å². The van der Waals surface area contributed by atoms with Crippen molar-refractivity contribution in [3.05, 3.63) is 34.9 Å². The molecule has 82 valence electrons. The van der Waals surface area contributed by atoms with Crippen LogP contribution >= 0.6 is 0 Å². The Kier molecular flexibility index (Phi) is 3.08. The van der Waals surface area contributed by atoms with Crippen molar-refractivity contribution >= 4 is 0 Å². The summed E-state index contributed by atoms with van der Waals surface area (Å²) in [6.45, 7) is 8.13. The average Bonchev–Trinajstić information content (AvgIpc) is 2.23. The molecule has 1 saturated heterocycles. The van der Waals surface area contributed by atoms with Crippen LogP contribution in [0, 0.1) is 13.8 Å². The average molecular weight is 205 g/mol. The van der Waals surface area contributed by atoms with Crippen molar-refractivity contribution in [1.82, 2.24) is 5.32 Å². The van der Waals surface area contributed by atoms with E-state index in [4.69, 9.17) is 4.74 Å². The third kappa shape index (κ3) is 2.39. The van der Waals surface area contributed by atoms with E-state index in [1.54, 1.807) is 0 Å². The first kappa shape index (κ1) is 10.7. The highest BCUT2D eigenvalue weighted by Crippen LogP contribution is 2.20. The standard InChI is InChI=1S/C13H19NO/c1-9-4-5-12(6-10(9)2)13-8-15-11(3)7-14-13/h4-6,11,13-14H,7-8H2,1-3H3. The highest BCUT2D eigenvalue weighted by atomic mass is 16.5. The normalized spacial score (nSPS) is 26.6. The molecule has 1 fully saturated rings. The molecule has 0 aromatic heterocycles. The summed E-state index contributed by atoms with van der Waals surface area (Å²) in [7, 11) is 0. The smallest absolute Gasteiger partial charge is 0.0672 e. The Morgan fingerprint density at radius 3 is 2.67 bits per heavy atom. The fourth-order valence-electron chi connectivity index (χ4n) is 1.88. The molecule has 2 unspecified atom stereocenters. The van der Waals surface area contributed by atoms with Gasteiger partial charge in [-0.3, -0.25) is 0 Å². The fourth-order valence-corrected chi connectivity index (χ4v) is 1.88. The first-order valence-electron chi connectivity index (χ1n) is 5.59. The number of ether oxygens (including phenoxy) is 1. The molecule has 1 aliphatic rings. The van der Waals surface area contributed by atoms with Crippen molar-refractivity contribution in [3.63, 3.8) is 0 Å². The second-order valence-electron chi connectivity index (χ2n) is 4.45. The first-order chi connectivity index (χ1) is 7.16. The van der Waals surface area contributed by atoms with E-state index in [0.29, 0.717) is 12.1 Å². The summed E-state index contributed by atoms with van der Waals surface area (Å²) in [5, 5.41) is 3.51. The van der Waals surface area contributed by atoms with Gasteiger partial charge in [0.25, 0.3) is 0 Å². The monoisotopic (exact) mass is 205 g/mol. The molecule has 1 aliphatic heterocycles. The van der Waals surface area contributed by atoms with E-state index in [-0.39, 0.29) is 0 Å². The summed E-state index contributed by atoms with van der Waals surface area (Å²) in [4.78, 5) is 0. The summed E-state index contributed by atoms with van der Waals surface area (Å²) < 4.78 is 5.65. The maximum atomic E-state index is 5.65. The van der Waals surface area contributed by atoms with Gasteiger partial charge in [0.15, 0.2) is 0 Å². The molecule has 0 saturated carbocycles. The third-order valence-electron chi connectivity index (χ3n) is 3.13. The minimum atomic E-state index is 0.341. The highest BCUT2D eigenvalue weighted by Gasteiger charge is 2.19. The van der Waals surface area contributed by atoms with Crippen LogP contribution in [0.5, 0.6) is 0 Å². The van der Waals surface area contributed by atoms with Crippen molar-refractivity contribution in [1.29, 1.82) is 0 Å². The topological polar surface area (TPSA) is 21.3 Å². The Balaban J connectivity index is 2.12. The zero-order valence-electron chi connectivity index (χ0n) is 9.71. The quantitative estimate of drug-likeness (QED) is 0.760. The van der Waals surface area contributed by atoms with Crippen LogP contribution in [0.1, 0.15) is 29.7 Å². The highest BCUT2D eigenvalue weighted by molar-refractivity contribution is 5.31. The van der Waals surface area contributed by atoms with E-state index in [2.05, 4.69) is 44.3 Å². The number of benzene rings is 1. The molecule has 2 rings (SSSR count). The van der Waals surface area contributed by atoms with Crippen molar-refractivity contribution in [2.24, 2.45) is 0 Å². The van der Waals surface area contributed by atoms with E-state index in [0.717, 1.165) is 13.2 Å². The number of hydrogen-bond acceptors (Lipinski definition) is 2. The van der Waals surface area contributed by atoms with Crippen LogP contribution in [0.3, 0.4) is 0 Å². The molecule has 1 N–H and O–H groups in total. The molecule has 0 radical (unpaired) electrons. The number of rotatable bonds is 1. The van der Waals surface area contributed by atoms with Gasteiger partial charge in [0.2, 0.25) is 0 Å². The van der Waals surface area contributed by atoms with Gasteiger partial charge in [0.1, 0.15) is 0 Å². The van der Waals surface area contributed by atoms with Crippen LogP contribution in [0.25, 0.3) is 0 Å². The molecule has 2 nitrogen and oxygen atoms in total. The maximum absolute atomic E-state index is 5.65. The van der Waals surface area contributed by atoms with Crippen LogP contribution in [0.4, 0.5) is 0 Å². The Morgan fingerprint density at radius 2 is 2.07 bits per heavy atom. The summed E-state index contributed by atoms with van der Waals surface area (Å²) in [5.74, 6) is 0. The van der Waals surface area contributed by atoms with Gasteiger partial charge in [0.05, 0.1) is 18.8 Å². The van der Waals surface area contributed by atoms with Crippen molar-refractivity contribution < 1.29 is 4.74 Å². The fraction of sp³-hybridized carbons (Fsp3) is 0.538. The van der Waals surface area contributed by atoms with E-state index < -0.39 is 0 Å². The van der Waals surface area contributed by atoms with Gasteiger partial charge < -0.3 is 10.1 Å². The Labute approximate surface area is 91.6 Å². The largest absolute Gasteiger partial charge is 0.375 e. The molecule has 2 atom stereocenters. The second-order valence-corrected chi connectivity index (χ2v) is 4.45. The number of hydrogen-bond donors (Lipinski definition) is 1. The number of nitrogens with one attached hydrogen (secondary N) is 1. The van der Waals surface area contributed by atoms with E-state index >= 15 is 0 Å². The molecular weight excluding hydrogens is 186 g/mol. The van der Waals surface area contributed by atoms with Crippen molar-refractivity contribution in [2.45, 2.75) is 32.9 Å². The van der Waals surface area contributed by atoms with Crippen LogP contribution in [-0.4, -0.2) is 19.3 Å². The summed E-state index contributed by atoms with van der Waals surface area (Å²) in [5.41, 5.74) is 4.04. The van der Waals surface area contributed by atoms with Gasteiger partial charge in [-0.2, -0.15) is 0 Å². The lowest BCUT2D eigenvalue weighted by Crippen LogP contribution is -2.39. The predicted molar refractivity (Wildman–Crippen MR) is 62.1 cm³/mol. The minimum Gasteiger partial charge on any atom is -0.375 e. The molecule has 15 heavy (non-hydrogen) atoms. The summed E-state index contributed by atoms with van der Waals surface area (Å²) >= 11 is 0. The molecule has 0 spiro atoms. The van der Waals surface area contributed by atoms with E-state index in [1.807, 2.05) is 0 Å². The second kappa shape index (κ2) is 4.33. The maximum Gasteiger partial charge on any atom is 0.0672 e. The minimum absolute atomic E-state index is 0.341. The summed E-state index contributed by atoms with van der Waals surface area (Å²) in [6, 6.07) is 7.00. The van der Waals surface area contributed by atoms with Crippen LogP contribution in [0.15, 0.2) is 18.2 Å². The zero-order chi connectivity index (χ0) is 10.8. The van der Waals surface area contributed by atoms with Gasteiger partial charge in [-0.1, -0.05) is 18.2 Å². The molecule has 1 aromatic carbocycles. The molecule has 0 amide bonds. The van der Waals surface area contributed by atoms with Crippen molar-refractivity contribution in [2.75, 3.05) is 13.2 Å². The molecule has 2 heteroatoms. The molecule has 1 aromatic rings. The zero-order valence-corrected chi connectivity index (χ0v) is 9.71. The predicted octanol–water partition coefficient (Wildman–Crippen LogP) is 2.35. The first-order valence-corrected chi connectivity index (χ1v) is 5.59. The van der Waals surface area contributed by atoms with E-state index in [9.17, 15) is 0 Å². The SMILES string of the molecule is Cc1ccc(C2COC(C)CN2)cc1C. The van der Waals surface area contributed by atoms with Crippen molar-refractivity contribution in [3.8, 4) is 0 Å². The van der Waals surface area contributed by atoms with Crippen LogP contribution in [0.2, 0.25) is 0 Å². The molecular formula is C13H19NO. The molecule has 0 bridgehead atoms. The number of aryl methyl sites for hydroxylation is 2.